The van der Waals surface area contributed by atoms with Gasteiger partial charge in [0.15, 0.2) is 11.0 Å². The topological polar surface area (TPSA) is 59.8 Å². The first kappa shape index (κ1) is 20.1. The molecule has 0 radical (unpaired) electrons. The van der Waals surface area contributed by atoms with Gasteiger partial charge in [0.25, 0.3) is 0 Å². The molecular weight excluding hydrogens is 492 g/mol. The number of nitrogens with zero attached hydrogens (tertiary/aromatic N) is 3. The van der Waals surface area contributed by atoms with Gasteiger partial charge < -0.3 is 9.88 Å². The number of amides is 1. The fourth-order valence-electron chi connectivity index (χ4n) is 2.61. The Morgan fingerprint density at radius 3 is 2.44 bits per heavy atom. The summed E-state index contributed by atoms with van der Waals surface area (Å²) in [5.41, 5.74) is 2.84. The van der Waals surface area contributed by atoms with Gasteiger partial charge in [-0.05, 0) is 63.4 Å². The molecule has 0 saturated heterocycles. The Hall–Kier alpha value is -1.64. The maximum absolute atomic E-state index is 12.4. The van der Waals surface area contributed by atoms with Crippen LogP contribution in [0.25, 0.3) is 11.4 Å². The van der Waals surface area contributed by atoms with Gasteiger partial charge in [0.1, 0.15) is 0 Å². The van der Waals surface area contributed by atoms with Crippen LogP contribution >= 0.6 is 43.6 Å². The average Bonchev–Trinajstić information content (AvgIpc) is 3.06. The molecule has 0 saturated carbocycles. The van der Waals surface area contributed by atoms with E-state index < -0.39 is 0 Å². The van der Waals surface area contributed by atoms with Crippen molar-refractivity contribution in [2.24, 2.45) is 0 Å². The minimum atomic E-state index is -0.0998. The smallest absolute Gasteiger partial charge is 0.234 e. The summed E-state index contributed by atoms with van der Waals surface area (Å²) in [6.45, 7) is 4.77. The van der Waals surface area contributed by atoms with Gasteiger partial charge in [-0.3, -0.25) is 4.79 Å². The number of carbonyl (C=O) groups is 1. The van der Waals surface area contributed by atoms with Crippen LogP contribution in [0.1, 0.15) is 12.5 Å². The Bertz CT molecular complexity index is 937. The Morgan fingerprint density at radius 1 is 1.15 bits per heavy atom. The Balaban J connectivity index is 1.70. The van der Waals surface area contributed by atoms with Crippen molar-refractivity contribution in [3.8, 4) is 11.4 Å². The van der Waals surface area contributed by atoms with Crippen LogP contribution in [0, 0.1) is 6.92 Å². The molecule has 0 aliphatic rings. The van der Waals surface area contributed by atoms with Gasteiger partial charge in [0.2, 0.25) is 5.91 Å². The third-order valence-corrected chi connectivity index (χ3v) is 6.07. The zero-order chi connectivity index (χ0) is 19.4. The standard InChI is InChI=1S/C19H18Br2N4OS/c1-3-25-18(13-7-5-4-6-8-13)23-24-19(25)27-11-16(26)22-17-14(20)9-12(2)10-15(17)21/h4-10H,3,11H2,1-2H3,(H,22,26). The molecule has 8 heteroatoms. The molecule has 1 aromatic heterocycles. The SMILES string of the molecule is CCn1c(SCC(=O)Nc2c(Br)cc(C)cc2Br)nnc1-c1ccccc1. The lowest BCUT2D eigenvalue weighted by Crippen LogP contribution is -2.15. The largest absolute Gasteiger partial charge is 0.323 e. The molecule has 0 aliphatic carbocycles. The first-order valence-electron chi connectivity index (χ1n) is 8.36. The van der Waals surface area contributed by atoms with Gasteiger partial charge in [0.05, 0.1) is 11.4 Å². The maximum Gasteiger partial charge on any atom is 0.234 e. The van der Waals surface area contributed by atoms with E-state index in [0.717, 1.165) is 43.3 Å². The molecule has 0 unspecified atom stereocenters. The average molecular weight is 510 g/mol. The molecule has 140 valence electrons. The van der Waals surface area contributed by atoms with Crippen LogP contribution in [0.15, 0.2) is 56.6 Å². The Labute approximate surface area is 179 Å². The molecule has 0 aliphatic heterocycles. The van der Waals surface area contributed by atoms with E-state index in [9.17, 15) is 4.79 Å². The zero-order valence-corrected chi connectivity index (χ0v) is 18.9. The van der Waals surface area contributed by atoms with Crippen LogP contribution in [-0.4, -0.2) is 26.4 Å². The molecule has 0 atom stereocenters. The molecular formula is C19H18Br2N4OS. The molecule has 3 aromatic rings. The van der Waals surface area contributed by atoms with E-state index in [4.69, 9.17) is 0 Å². The second-order valence-corrected chi connectivity index (χ2v) is 8.51. The Morgan fingerprint density at radius 2 is 1.81 bits per heavy atom. The minimum Gasteiger partial charge on any atom is -0.323 e. The molecule has 5 nitrogen and oxygen atoms in total. The monoisotopic (exact) mass is 508 g/mol. The number of aryl methyl sites for hydroxylation is 1. The van der Waals surface area contributed by atoms with Crippen molar-refractivity contribution in [2.75, 3.05) is 11.1 Å². The van der Waals surface area contributed by atoms with Gasteiger partial charge in [-0.2, -0.15) is 0 Å². The summed E-state index contributed by atoms with van der Waals surface area (Å²) >= 11 is 8.37. The van der Waals surface area contributed by atoms with Crippen molar-refractivity contribution in [3.63, 3.8) is 0 Å². The van der Waals surface area contributed by atoms with Gasteiger partial charge in [0, 0.05) is 21.1 Å². The number of benzene rings is 2. The minimum absolute atomic E-state index is 0.0998. The van der Waals surface area contributed by atoms with Crippen LogP contribution in [0.5, 0.6) is 0 Å². The second kappa shape index (κ2) is 9.03. The highest BCUT2D eigenvalue weighted by molar-refractivity contribution is 9.11. The predicted molar refractivity (Wildman–Crippen MR) is 117 cm³/mol. The third-order valence-electron chi connectivity index (χ3n) is 3.85. The summed E-state index contributed by atoms with van der Waals surface area (Å²) in [7, 11) is 0. The number of thioether (sulfide) groups is 1. The van der Waals surface area contributed by atoms with Crippen LogP contribution < -0.4 is 5.32 Å². The highest BCUT2D eigenvalue weighted by atomic mass is 79.9. The first-order chi connectivity index (χ1) is 13.0. The summed E-state index contributed by atoms with van der Waals surface area (Å²) in [5.74, 6) is 0.960. The van der Waals surface area contributed by atoms with Crippen molar-refractivity contribution < 1.29 is 4.79 Å². The van der Waals surface area contributed by atoms with E-state index in [2.05, 4.69) is 47.4 Å². The van der Waals surface area contributed by atoms with Crippen LogP contribution in [0.2, 0.25) is 0 Å². The number of nitrogens with one attached hydrogen (secondary N) is 1. The number of anilines is 1. The van der Waals surface area contributed by atoms with Gasteiger partial charge >= 0.3 is 0 Å². The molecule has 1 amide bonds. The maximum atomic E-state index is 12.4. The zero-order valence-electron chi connectivity index (χ0n) is 14.9. The van der Waals surface area contributed by atoms with Gasteiger partial charge in [-0.15, -0.1) is 10.2 Å². The van der Waals surface area contributed by atoms with Crippen molar-refractivity contribution in [2.45, 2.75) is 25.5 Å². The molecule has 1 N–H and O–H groups in total. The fourth-order valence-corrected chi connectivity index (χ4v) is 5.02. The predicted octanol–water partition coefficient (Wildman–Crippen LogP) is 5.53. The fraction of sp³-hybridized carbons (Fsp3) is 0.211. The van der Waals surface area contributed by atoms with E-state index in [0.29, 0.717) is 0 Å². The summed E-state index contributed by atoms with van der Waals surface area (Å²) in [5, 5.41) is 12.2. The first-order valence-corrected chi connectivity index (χ1v) is 10.9. The Kier molecular flexibility index (Phi) is 6.73. The molecule has 27 heavy (non-hydrogen) atoms. The summed E-state index contributed by atoms with van der Waals surface area (Å²) in [4.78, 5) is 12.4. The summed E-state index contributed by atoms with van der Waals surface area (Å²) in [6.07, 6.45) is 0. The number of halogens is 2. The van der Waals surface area contributed by atoms with E-state index in [-0.39, 0.29) is 11.7 Å². The second-order valence-electron chi connectivity index (χ2n) is 5.86. The van der Waals surface area contributed by atoms with Crippen LogP contribution in [0.4, 0.5) is 5.69 Å². The van der Waals surface area contributed by atoms with Gasteiger partial charge in [-0.25, -0.2) is 0 Å². The van der Waals surface area contributed by atoms with Gasteiger partial charge in [-0.1, -0.05) is 42.1 Å². The summed E-state index contributed by atoms with van der Waals surface area (Å²) < 4.78 is 3.71. The number of hydrogen-bond acceptors (Lipinski definition) is 4. The molecule has 1 heterocycles. The number of carbonyl (C=O) groups excluding carboxylic acids is 1. The van der Waals surface area contributed by atoms with Crippen molar-refractivity contribution >= 4 is 55.2 Å². The number of hydrogen-bond donors (Lipinski definition) is 1. The number of aromatic nitrogens is 3. The van der Waals surface area contributed by atoms with E-state index in [1.54, 1.807) is 0 Å². The molecule has 0 spiro atoms. The number of rotatable bonds is 6. The van der Waals surface area contributed by atoms with Crippen LogP contribution in [-0.2, 0) is 11.3 Å². The highest BCUT2D eigenvalue weighted by Crippen LogP contribution is 2.32. The normalized spacial score (nSPS) is 10.8. The molecule has 3 rings (SSSR count). The van der Waals surface area contributed by atoms with E-state index >= 15 is 0 Å². The van der Waals surface area contributed by atoms with E-state index in [1.165, 1.54) is 11.8 Å². The highest BCUT2D eigenvalue weighted by Gasteiger charge is 2.15. The molecule has 0 bridgehead atoms. The lowest BCUT2D eigenvalue weighted by atomic mass is 10.2. The van der Waals surface area contributed by atoms with Crippen LogP contribution in [0.3, 0.4) is 0 Å². The lowest BCUT2D eigenvalue weighted by Gasteiger charge is -2.11. The van der Waals surface area contributed by atoms with E-state index in [1.807, 2.05) is 60.9 Å². The lowest BCUT2D eigenvalue weighted by molar-refractivity contribution is -0.113. The van der Waals surface area contributed by atoms with Crippen molar-refractivity contribution in [3.05, 3.63) is 57.0 Å². The third kappa shape index (κ3) is 4.80. The van der Waals surface area contributed by atoms with Crippen molar-refractivity contribution in [1.82, 2.24) is 14.8 Å². The molecule has 2 aromatic carbocycles. The quantitative estimate of drug-likeness (QED) is 0.444. The molecule has 0 fully saturated rings. The summed E-state index contributed by atoms with van der Waals surface area (Å²) in [6, 6.07) is 13.9. The van der Waals surface area contributed by atoms with Crippen molar-refractivity contribution in [1.29, 1.82) is 0 Å².